The summed E-state index contributed by atoms with van der Waals surface area (Å²) < 4.78 is 0. The van der Waals surface area contributed by atoms with Gasteiger partial charge in [0.1, 0.15) is 0 Å². The molecule has 4 nitrogen and oxygen atoms in total. The number of hydrogen-bond donors (Lipinski definition) is 2. The number of hydrogen-bond acceptors (Lipinski definition) is 3. The first kappa shape index (κ1) is 14.0. The molecule has 0 saturated carbocycles. The number of nitrogen functional groups attached to an aromatic ring is 1. The standard InChI is InChI=1S/C14H19N3O/c1-9(2)4-5-17-14(18)12-7-11(8-15)6-10(3)13(12)16/h6-7,9H,4-5,16H2,1-3H3,(H,17,18). The monoisotopic (exact) mass is 245 g/mol. The van der Waals surface area contributed by atoms with Crippen LogP contribution in [0.2, 0.25) is 0 Å². The van der Waals surface area contributed by atoms with Crippen LogP contribution in [-0.2, 0) is 0 Å². The lowest BCUT2D eigenvalue weighted by Crippen LogP contribution is -2.26. The Hall–Kier alpha value is -2.02. The lowest BCUT2D eigenvalue weighted by atomic mass is 10.0. The van der Waals surface area contributed by atoms with Gasteiger partial charge in [0, 0.05) is 12.2 Å². The lowest BCUT2D eigenvalue weighted by molar-refractivity contribution is 0.0953. The molecule has 4 heteroatoms. The number of nitriles is 1. The summed E-state index contributed by atoms with van der Waals surface area (Å²) in [4.78, 5) is 12.0. The molecule has 0 radical (unpaired) electrons. The molecule has 18 heavy (non-hydrogen) atoms. The third-order valence-corrected chi connectivity index (χ3v) is 2.77. The van der Waals surface area contributed by atoms with Gasteiger partial charge in [0.25, 0.3) is 5.91 Å². The summed E-state index contributed by atoms with van der Waals surface area (Å²) in [5.74, 6) is 0.322. The Kier molecular flexibility index (Phi) is 4.73. The molecule has 1 rings (SSSR count). The van der Waals surface area contributed by atoms with Crippen LogP contribution in [0, 0.1) is 24.2 Å². The van der Waals surface area contributed by atoms with Crippen LogP contribution in [0.5, 0.6) is 0 Å². The maximum Gasteiger partial charge on any atom is 0.253 e. The van der Waals surface area contributed by atoms with Crippen molar-refractivity contribution in [2.45, 2.75) is 27.2 Å². The van der Waals surface area contributed by atoms with Crippen molar-refractivity contribution in [1.82, 2.24) is 5.32 Å². The molecule has 0 saturated heterocycles. The predicted molar refractivity (Wildman–Crippen MR) is 72.1 cm³/mol. The van der Waals surface area contributed by atoms with Gasteiger partial charge in [0.05, 0.1) is 17.2 Å². The van der Waals surface area contributed by atoms with Crippen molar-refractivity contribution in [3.8, 4) is 6.07 Å². The number of aryl methyl sites for hydroxylation is 1. The molecule has 96 valence electrons. The minimum Gasteiger partial charge on any atom is -0.398 e. The lowest BCUT2D eigenvalue weighted by Gasteiger charge is -2.11. The molecular formula is C14H19N3O. The maximum atomic E-state index is 12.0. The Bertz CT molecular complexity index is 487. The van der Waals surface area contributed by atoms with E-state index in [4.69, 9.17) is 11.0 Å². The molecule has 0 unspecified atom stereocenters. The van der Waals surface area contributed by atoms with Crippen LogP contribution in [0.15, 0.2) is 12.1 Å². The van der Waals surface area contributed by atoms with E-state index in [2.05, 4.69) is 19.2 Å². The van der Waals surface area contributed by atoms with Gasteiger partial charge in [-0.3, -0.25) is 4.79 Å². The van der Waals surface area contributed by atoms with Crippen molar-refractivity contribution >= 4 is 11.6 Å². The summed E-state index contributed by atoms with van der Waals surface area (Å²) in [5.41, 5.74) is 7.90. The van der Waals surface area contributed by atoms with E-state index in [1.807, 2.05) is 6.07 Å². The second-order valence-corrected chi connectivity index (χ2v) is 4.80. The van der Waals surface area contributed by atoms with Gasteiger partial charge in [-0.15, -0.1) is 0 Å². The van der Waals surface area contributed by atoms with Crippen LogP contribution in [0.3, 0.4) is 0 Å². The van der Waals surface area contributed by atoms with E-state index < -0.39 is 0 Å². The summed E-state index contributed by atoms with van der Waals surface area (Å²) in [5, 5.41) is 11.7. The van der Waals surface area contributed by atoms with Gasteiger partial charge in [0.2, 0.25) is 0 Å². The van der Waals surface area contributed by atoms with Gasteiger partial charge in [-0.05, 0) is 37.0 Å². The molecule has 0 spiro atoms. The average Bonchev–Trinajstić information content (AvgIpc) is 2.31. The SMILES string of the molecule is Cc1cc(C#N)cc(C(=O)NCCC(C)C)c1N. The van der Waals surface area contributed by atoms with Crippen LogP contribution >= 0.6 is 0 Å². The topological polar surface area (TPSA) is 78.9 Å². The Labute approximate surface area is 108 Å². The summed E-state index contributed by atoms with van der Waals surface area (Å²) in [6, 6.07) is 5.24. The van der Waals surface area contributed by atoms with Crippen molar-refractivity contribution in [2.75, 3.05) is 12.3 Å². The molecule has 0 aromatic heterocycles. The quantitative estimate of drug-likeness (QED) is 0.798. The number of rotatable bonds is 4. The molecule has 0 aliphatic heterocycles. The summed E-state index contributed by atoms with van der Waals surface area (Å²) in [6.07, 6.45) is 0.919. The number of amides is 1. The summed E-state index contributed by atoms with van der Waals surface area (Å²) >= 11 is 0. The number of carbonyl (C=O) groups excluding carboxylic acids is 1. The first-order chi connectivity index (χ1) is 8.45. The highest BCUT2D eigenvalue weighted by Gasteiger charge is 2.12. The molecule has 0 fully saturated rings. The van der Waals surface area contributed by atoms with Gasteiger partial charge < -0.3 is 11.1 Å². The van der Waals surface area contributed by atoms with Crippen molar-refractivity contribution in [3.05, 3.63) is 28.8 Å². The van der Waals surface area contributed by atoms with Crippen LogP contribution in [0.1, 0.15) is 41.8 Å². The fraction of sp³-hybridized carbons (Fsp3) is 0.429. The number of carbonyl (C=O) groups is 1. The van der Waals surface area contributed by atoms with Crippen LogP contribution in [0.25, 0.3) is 0 Å². The first-order valence-corrected chi connectivity index (χ1v) is 6.04. The second kappa shape index (κ2) is 6.06. The van der Waals surface area contributed by atoms with E-state index in [-0.39, 0.29) is 5.91 Å². The highest BCUT2D eigenvalue weighted by molar-refractivity contribution is 6.00. The van der Waals surface area contributed by atoms with E-state index in [0.717, 1.165) is 12.0 Å². The van der Waals surface area contributed by atoms with Gasteiger partial charge in [-0.1, -0.05) is 13.8 Å². The fourth-order valence-electron chi connectivity index (χ4n) is 1.62. The minimum atomic E-state index is -0.214. The number of nitrogens with zero attached hydrogens (tertiary/aromatic N) is 1. The molecule has 0 heterocycles. The molecule has 0 aliphatic rings. The molecule has 0 aliphatic carbocycles. The molecule has 1 amide bonds. The largest absolute Gasteiger partial charge is 0.398 e. The number of anilines is 1. The average molecular weight is 245 g/mol. The zero-order chi connectivity index (χ0) is 13.7. The Balaban J connectivity index is 2.85. The van der Waals surface area contributed by atoms with Gasteiger partial charge >= 0.3 is 0 Å². The van der Waals surface area contributed by atoms with Crippen molar-refractivity contribution in [3.63, 3.8) is 0 Å². The third-order valence-electron chi connectivity index (χ3n) is 2.77. The Morgan fingerprint density at radius 3 is 2.72 bits per heavy atom. The molecular weight excluding hydrogens is 226 g/mol. The Morgan fingerprint density at radius 1 is 1.50 bits per heavy atom. The van der Waals surface area contributed by atoms with E-state index in [9.17, 15) is 4.79 Å². The minimum absolute atomic E-state index is 0.214. The van der Waals surface area contributed by atoms with E-state index in [1.165, 1.54) is 6.07 Å². The number of nitrogens with one attached hydrogen (secondary N) is 1. The van der Waals surface area contributed by atoms with Gasteiger partial charge in [-0.25, -0.2) is 0 Å². The molecule has 1 aromatic rings. The van der Waals surface area contributed by atoms with E-state index in [0.29, 0.717) is 29.3 Å². The maximum absolute atomic E-state index is 12.0. The zero-order valence-electron chi connectivity index (χ0n) is 11.1. The van der Waals surface area contributed by atoms with Crippen molar-refractivity contribution in [2.24, 2.45) is 5.92 Å². The van der Waals surface area contributed by atoms with Crippen LogP contribution in [-0.4, -0.2) is 12.5 Å². The van der Waals surface area contributed by atoms with E-state index >= 15 is 0 Å². The molecule has 0 bridgehead atoms. The predicted octanol–water partition coefficient (Wildman–Crippen LogP) is 2.22. The smallest absolute Gasteiger partial charge is 0.253 e. The van der Waals surface area contributed by atoms with Gasteiger partial charge in [-0.2, -0.15) is 5.26 Å². The molecule has 3 N–H and O–H groups in total. The number of benzene rings is 1. The number of nitrogens with two attached hydrogens (primary N) is 1. The highest BCUT2D eigenvalue weighted by atomic mass is 16.1. The summed E-state index contributed by atoms with van der Waals surface area (Å²) in [6.45, 7) is 6.61. The van der Waals surface area contributed by atoms with Crippen LogP contribution in [0.4, 0.5) is 5.69 Å². The van der Waals surface area contributed by atoms with Crippen LogP contribution < -0.4 is 11.1 Å². The highest BCUT2D eigenvalue weighted by Crippen LogP contribution is 2.19. The fourth-order valence-corrected chi connectivity index (χ4v) is 1.62. The second-order valence-electron chi connectivity index (χ2n) is 4.80. The van der Waals surface area contributed by atoms with Crippen molar-refractivity contribution < 1.29 is 4.79 Å². The summed E-state index contributed by atoms with van der Waals surface area (Å²) in [7, 11) is 0. The normalized spacial score (nSPS) is 10.2. The van der Waals surface area contributed by atoms with Crippen molar-refractivity contribution in [1.29, 1.82) is 5.26 Å². The first-order valence-electron chi connectivity index (χ1n) is 6.04. The van der Waals surface area contributed by atoms with E-state index in [1.54, 1.807) is 13.0 Å². The Morgan fingerprint density at radius 2 is 2.17 bits per heavy atom. The van der Waals surface area contributed by atoms with Gasteiger partial charge in [0.15, 0.2) is 0 Å². The molecule has 0 atom stereocenters. The molecule has 1 aromatic carbocycles. The zero-order valence-corrected chi connectivity index (χ0v) is 11.1. The third kappa shape index (κ3) is 3.49.